The van der Waals surface area contributed by atoms with Crippen LogP contribution in [0.15, 0.2) is 41.8 Å². The first-order chi connectivity index (χ1) is 9.66. The highest BCUT2D eigenvalue weighted by Crippen LogP contribution is 2.34. The highest BCUT2D eigenvalue weighted by atomic mass is 32.1. The van der Waals surface area contributed by atoms with Gasteiger partial charge in [0.1, 0.15) is 0 Å². The summed E-state index contributed by atoms with van der Waals surface area (Å²) in [5.41, 5.74) is 1.01. The Labute approximate surface area is 120 Å². The molecule has 1 atom stereocenters. The number of aromatic carboxylic acids is 1. The molecule has 1 fully saturated rings. The quantitative estimate of drug-likeness (QED) is 0.944. The van der Waals surface area contributed by atoms with E-state index in [-0.39, 0.29) is 17.4 Å². The van der Waals surface area contributed by atoms with Crippen LogP contribution in [0.1, 0.15) is 28.3 Å². The van der Waals surface area contributed by atoms with Gasteiger partial charge in [-0.15, -0.1) is 11.3 Å². The van der Waals surface area contributed by atoms with Crippen LogP contribution < -0.4 is 4.90 Å². The molecule has 1 aromatic heterocycles. The van der Waals surface area contributed by atoms with Gasteiger partial charge in [0.15, 0.2) is 0 Å². The molecule has 0 spiro atoms. The second kappa shape index (κ2) is 5.09. The average molecular weight is 287 g/mol. The molecule has 2 aromatic rings. The molecule has 1 aliphatic heterocycles. The van der Waals surface area contributed by atoms with Crippen molar-refractivity contribution < 1.29 is 14.7 Å². The lowest BCUT2D eigenvalue weighted by Crippen LogP contribution is -2.25. The fourth-order valence-corrected chi connectivity index (χ4v) is 3.28. The molecule has 5 heteroatoms. The van der Waals surface area contributed by atoms with Crippen molar-refractivity contribution >= 4 is 28.2 Å². The number of nitrogens with zero attached hydrogens (tertiary/aromatic N) is 1. The summed E-state index contributed by atoms with van der Waals surface area (Å²) in [5.74, 6) is -1.15. The monoisotopic (exact) mass is 287 g/mol. The number of hydrogen-bond acceptors (Lipinski definition) is 3. The van der Waals surface area contributed by atoms with Gasteiger partial charge in [0.2, 0.25) is 5.91 Å². The molecular formula is C15H13NO3S. The fraction of sp³-hybridized carbons (Fsp3) is 0.200. The zero-order valence-electron chi connectivity index (χ0n) is 10.7. The van der Waals surface area contributed by atoms with Crippen LogP contribution in [0.2, 0.25) is 0 Å². The van der Waals surface area contributed by atoms with E-state index in [1.54, 1.807) is 34.4 Å². The summed E-state index contributed by atoms with van der Waals surface area (Å²) < 4.78 is 0. The molecule has 0 aliphatic carbocycles. The fourth-order valence-electron chi connectivity index (χ4n) is 2.52. The Kier molecular flexibility index (Phi) is 3.28. The van der Waals surface area contributed by atoms with Crippen molar-refractivity contribution in [2.45, 2.75) is 12.3 Å². The van der Waals surface area contributed by atoms with E-state index in [1.807, 2.05) is 23.6 Å². The third kappa shape index (κ3) is 2.20. The zero-order chi connectivity index (χ0) is 14.1. The van der Waals surface area contributed by atoms with Crippen LogP contribution in [0.4, 0.5) is 5.00 Å². The van der Waals surface area contributed by atoms with Crippen molar-refractivity contribution in [3.05, 3.63) is 52.9 Å². The molecule has 1 amide bonds. The highest BCUT2D eigenvalue weighted by molar-refractivity contribution is 7.14. The van der Waals surface area contributed by atoms with Crippen LogP contribution in [0.25, 0.3) is 0 Å². The van der Waals surface area contributed by atoms with Crippen LogP contribution in [0, 0.1) is 0 Å². The maximum atomic E-state index is 12.5. The molecule has 4 nitrogen and oxygen atoms in total. The van der Waals surface area contributed by atoms with Crippen LogP contribution in [0.3, 0.4) is 0 Å². The maximum Gasteiger partial charge on any atom is 0.335 e. The second-order valence-electron chi connectivity index (χ2n) is 4.71. The van der Waals surface area contributed by atoms with E-state index in [4.69, 9.17) is 5.11 Å². The number of anilines is 1. The molecule has 1 aliphatic rings. The third-order valence-corrected chi connectivity index (χ3v) is 4.40. The molecule has 1 N–H and O–H groups in total. The van der Waals surface area contributed by atoms with E-state index in [2.05, 4.69) is 0 Å². The summed E-state index contributed by atoms with van der Waals surface area (Å²) in [6.07, 6.45) is 0.722. The lowest BCUT2D eigenvalue weighted by molar-refractivity contribution is -0.118. The molecule has 2 heterocycles. The average Bonchev–Trinajstić information content (AvgIpc) is 3.08. The Morgan fingerprint density at radius 3 is 2.85 bits per heavy atom. The van der Waals surface area contributed by atoms with E-state index in [0.717, 1.165) is 17.0 Å². The Balaban J connectivity index is 1.87. The van der Waals surface area contributed by atoms with Crippen LogP contribution >= 0.6 is 11.3 Å². The van der Waals surface area contributed by atoms with Crippen LogP contribution in [-0.4, -0.2) is 23.5 Å². The van der Waals surface area contributed by atoms with Crippen molar-refractivity contribution in [2.75, 3.05) is 11.4 Å². The number of hydrogen-bond donors (Lipinski definition) is 1. The molecule has 1 saturated heterocycles. The summed E-state index contributed by atoms with van der Waals surface area (Å²) >= 11 is 1.54. The molecule has 20 heavy (non-hydrogen) atoms. The molecular weight excluding hydrogens is 274 g/mol. The largest absolute Gasteiger partial charge is 0.478 e. The first kappa shape index (κ1) is 12.9. The number of benzene rings is 1. The Hall–Kier alpha value is -2.14. The highest BCUT2D eigenvalue weighted by Gasteiger charge is 2.34. The molecule has 1 aromatic carbocycles. The van der Waals surface area contributed by atoms with Crippen molar-refractivity contribution in [1.29, 1.82) is 0 Å². The summed E-state index contributed by atoms with van der Waals surface area (Å²) in [6.45, 7) is 0.682. The van der Waals surface area contributed by atoms with Gasteiger partial charge in [-0.05, 0) is 41.6 Å². The standard InChI is InChI=1S/C15H13NO3S/c17-14-12(6-7-16(14)13-5-2-8-20-13)10-3-1-4-11(9-10)15(18)19/h1-5,8-9,12H,6-7H2,(H,18,19). The van der Waals surface area contributed by atoms with Crippen molar-refractivity contribution in [1.82, 2.24) is 0 Å². The molecule has 0 bridgehead atoms. The number of amides is 1. The van der Waals surface area contributed by atoms with Gasteiger partial charge in [0.25, 0.3) is 0 Å². The number of carbonyl (C=O) groups excluding carboxylic acids is 1. The number of carboxylic acids is 1. The van der Waals surface area contributed by atoms with Crippen molar-refractivity contribution in [3.8, 4) is 0 Å². The summed E-state index contributed by atoms with van der Waals surface area (Å²) in [6, 6.07) is 10.5. The lowest BCUT2D eigenvalue weighted by Gasteiger charge is -2.14. The number of thiophene rings is 1. The number of carboxylic acid groups (broad SMARTS) is 1. The zero-order valence-corrected chi connectivity index (χ0v) is 11.5. The third-order valence-electron chi connectivity index (χ3n) is 3.51. The summed E-state index contributed by atoms with van der Waals surface area (Å²) in [4.78, 5) is 25.3. The van der Waals surface area contributed by atoms with Gasteiger partial charge in [-0.25, -0.2) is 4.79 Å². The molecule has 102 valence electrons. The van der Waals surface area contributed by atoms with Gasteiger partial charge < -0.3 is 10.0 Å². The predicted octanol–water partition coefficient (Wildman–Crippen LogP) is 2.97. The van der Waals surface area contributed by atoms with Gasteiger partial charge in [-0.1, -0.05) is 12.1 Å². The summed E-state index contributed by atoms with van der Waals surface area (Å²) in [7, 11) is 0. The SMILES string of the molecule is O=C(O)c1cccc(C2CCN(c3cccs3)C2=O)c1. The lowest BCUT2D eigenvalue weighted by atomic mass is 9.96. The minimum absolute atomic E-state index is 0.0509. The number of carbonyl (C=O) groups is 2. The minimum atomic E-state index is -0.965. The van der Waals surface area contributed by atoms with Gasteiger partial charge in [-0.3, -0.25) is 4.79 Å². The Morgan fingerprint density at radius 2 is 2.15 bits per heavy atom. The normalized spacial score (nSPS) is 18.5. The topological polar surface area (TPSA) is 57.6 Å². The van der Waals surface area contributed by atoms with Crippen molar-refractivity contribution in [3.63, 3.8) is 0 Å². The van der Waals surface area contributed by atoms with Gasteiger partial charge in [-0.2, -0.15) is 0 Å². The first-order valence-electron chi connectivity index (χ1n) is 6.35. The van der Waals surface area contributed by atoms with Crippen molar-refractivity contribution in [2.24, 2.45) is 0 Å². The van der Waals surface area contributed by atoms with E-state index in [0.29, 0.717) is 6.54 Å². The predicted molar refractivity (Wildman–Crippen MR) is 77.4 cm³/mol. The molecule has 1 unspecified atom stereocenters. The van der Waals surface area contributed by atoms with Gasteiger partial charge in [0.05, 0.1) is 16.5 Å². The Morgan fingerprint density at radius 1 is 1.30 bits per heavy atom. The van der Waals surface area contributed by atoms with Gasteiger partial charge >= 0.3 is 5.97 Å². The molecule has 3 rings (SSSR count). The van der Waals surface area contributed by atoms with Gasteiger partial charge in [0, 0.05) is 6.54 Å². The van der Waals surface area contributed by atoms with E-state index >= 15 is 0 Å². The molecule has 0 saturated carbocycles. The smallest absolute Gasteiger partial charge is 0.335 e. The Bertz CT molecular complexity index is 651. The number of rotatable bonds is 3. The minimum Gasteiger partial charge on any atom is -0.478 e. The maximum absolute atomic E-state index is 12.5. The van der Waals surface area contributed by atoms with E-state index < -0.39 is 5.97 Å². The summed E-state index contributed by atoms with van der Waals surface area (Å²) in [5, 5.41) is 11.9. The van der Waals surface area contributed by atoms with E-state index in [9.17, 15) is 9.59 Å². The molecule has 0 radical (unpaired) electrons. The van der Waals surface area contributed by atoms with Crippen LogP contribution in [0.5, 0.6) is 0 Å². The second-order valence-corrected chi connectivity index (χ2v) is 5.64. The van der Waals surface area contributed by atoms with E-state index in [1.165, 1.54) is 0 Å². The first-order valence-corrected chi connectivity index (χ1v) is 7.23. The van der Waals surface area contributed by atoms with Crippen LogP contribution in [-0.2, 0) is 4.79 Å².